The molecule has 0 radical (unpaired) electrons. The zero-order valence-electron chi connectivity index (χ0n) is 14.0. The fourth-order valence-corrected chi connectivity index (χ4v) is 3.49. The van der Waals surface area contributed by atoms with Gasteiger partial charge in [-0.2, -0.15) is 0 Å². The lowest BCUT2D eigenvalue weighted by atomic mass is 9.89. The number of aryl methyl sites for hydroxylation is 1. The Morgan fingerprint density at radius 2 is 1.92 bits per heavy atom. The predicted molar refractivity (Wildman–Crippen MR) is 98.9 cm³/mol. The number of hydrogen-bond donors (Lipinski definition) is 2. The van der Waals surface area contributed by atoms with E-state index in [0.717, 1.165) is 29.9 Å². The molecule has 0 saturated heterocycles. The number of anilines is 2. The summed E-state index contributed by atoms with van der Waals surface area (Å²) in [6.07, 6.45) is 5.35. The van der Waals surface area contributed by atoms with E-state index >= 15 is 0 Å². The van der Waals surface area contributed by atoms with Crippen LogP contribution in [0, 0.1) is 12.7 Å². The van der Waals surface area contributed by atoms with Gasteiger partial charge in [0.25, 0.3) is 0 Å². The summed E-state index contributed by atoms with van der Waals surface area (Å²) >= 11 is 0. The zero-order valence-corrected chi connectivity index (χ0v) is 14.0. The summed E-state index contributed by atoms with van der Waals surface area (Å²) in [4.78, 5) is 0. The summed E-state index contributed by atoms with van der Waals surface area (Å²) in [5, 5.41) is 6.93. The molecule has 2 aliphatic rings. The van der Waals surface area contributed by atoms with Crippen LogP contribution in [-0.2, 0) is 0 Å². The Morgan fingerprint density at radius 1 is 1.08 bits per heavy atom. The molecule has 2 aromatic rings. The van der Waals surface area contributed by atoms with Crippen LogP contribution in [0.1, 0.15) is 30.0 Å². The van der Waals surface area contributed by atoms with E-state index in [1.54, 1.807) is 6.07 Å². The highest BCUT2D eigenvalue weighted by Gasteiger charge is 2.21. The molecule has 3 heteroatoms. The molecule has 4 rings (SSSR count). The minimum atomic E-state index is -0.207. The first kappa shape index (κ1) is 15.2. The van der Waals surface area contributed by atoms with Crippen molar-refractivity contribution in [3.8, 4) is 0 Å². The van der Waals surface area contributed by atoms with E-state index in [2.05, 4.69) is 54.8 Å². The molecule has 0 saturated carbocycles. The average Bonchev–Trinajstić information content (AvgIpc) is 2.71. The minimum Gasteiger partial charge on any atom is -0.355 e. The van der Waals surface area contributed by atoms with Crippen molar-refractivity contribution < 1.29 is 4.39 Å². The fourth-order valence-electron chi connectivity index (χ4n) is 3.49. The van der Waals surface area contributed by atoms with Crippen molar-refractivity contribution in [2.45, 2.75) is 26.3 Å². The number of benzene rings is 2. The molecule has 0 amide bonds. The topological polar surface area (TPSA) is 24.1 Å². The molecule has 2 heterocycles. The predicted octanol–water partition coefficient (Wildman–Crippen LogP) is 5.04. The van der Waals surface area contributed by atoms with Crippen LogP contribution in [0.25, 0.3) is 11.6 Å². The number of fused-ring (bicyclic) bond motifs is 2. The highest BCUT2D eigenvalue weighted by molar-refractivity contribution is 6.00. The molecule has 2 nitrogen and oxygen atoms in total. The Labute approximate surface area is 142 Å². The molecular formula is C21H21FN2. The first-order valence-electron chi connectivity index (χ1n) is 8.42. The van der Waals surface area contributed by atoms with Crippen molar-refractivity contribution in [2.24, 2.45) is 0 Å². The molecule has 0 bridgehead atoms. The van der Waals surface area contributed by atoms with Gasteiger partial charge >= 0.3 is 0 Å². The third-order valence-electron chi connectivity index (χ3n) is 4.73. The summed E-state index contributed by atoms with van der Waals surface area (Å²) in [6.45, 7) is 5.18. The van der Waals surface area contributed by atoms with Crippen molar-refractivity contribution in [3.63, 3.8) is 0 Å². The maximum absolute atomic E-state index is 13.8. The van der Waals surface area contributed by atoms with Crippen molar-refractivity contribution >= 4 is 23.0 Å². The number of hydrogen-bond acceptors (Lipinski definition) is 2. The van der Waals surface area contributed by atoms with E-state index in [-0.39, 0.29) is 5.82 Å². The van der Waals surface area contributed by atoms with Crippen LogP contribution < -0.4 is 10.6 Å². The maximum Gasteiger partial charge on any atom is 0.123 e. The van der Waals surface area contributed by atoms with Gasteiger partial charge in [0.15, 0.2) is 0 Å². The van der Waals surface area contributed by atoms with Gasteiger partial charge in [0.05, 0.1) is 0 Å². The number of nitrogens with one attached hydrogen (secondary N) is 2. The van der Waals surface area contributed by atoms with E-state index in [1.165, 1.54) is 28.3 Å². The quantitative estimate of drug-likeness (QED) is 0.769. The molecule has 2 aromatic carbocycles. The lowest BCUT2D eigenvalue weighted by molar-refractivity contribution is 0.561. The highest BCUT2D eigenvalue weighted by Crippen LogP contribution is 2.40. The van der Waals surface area contributed by atoms with Crippen LogP contribution in [0.3, 0.4) is 0 Å². The summed E-state index contributed by atoms with van der Waals surface area (Å²) in [5.74, 6) is -0.207. The Morgan fingerprint density at radius 3 is 2.75 bits per heavy atom. The van der Waals surface area contributed by atoms with Gasteiger partial charge in [-0.1, -0.05) is 17.7 Å². The zero-order chi connectivity index (χ0) is 16.7. The molecule has 0 aliphatic carbocycles. The van der Waals surface area contributed by atoms with Crippen LogP contribution in [0.2, 0.25) is 0 Å². The second-order valence-electron chi connectivity index (χ2n) is 6.71. The Bertz CT molecular complexity index is 864. The summed E-state index contributed by atoms with van der Waals surface area (Å²) in [5.41, 5.74) is 7.84. The number of rotatable bonds is 1. The molecule has 2 N–H and O–H groups in total. The molecule has 1 atom stereocenters. The van der Waals surface area contributed by atoms with E-state index < -0.39 is 0 Å². The summed E-state index contributed by atoms with van der Waals surface area (Å²) in [7, 11) is 0. The van der Waals surface area contributed by atoms with Gasteiger partial charge in [0, 0.05) is 35.1 Å². The Hall–Kier alpha value is -2.39. The molecule has 0 spiro atoms. The van der Waals surface area contributed by atoms with E-state index in [9.17, 15) is 4.39 Å². The van der Waals surface area contributed by atoms with Crippen molar-refractivity contribution in [1.82, 2.24) is 5.32 Å². The van der Waals surface area contributed by atoms with Gasteiger partial charge in [0.2, 0.25) is 0 Å². The van der Waals surface area contributed by atoms with Gasteiger partial charge < -0.3 is 10.6 Å². The first-order chi connectivity index (χ1) is 11.6. The third kappa shape index (κ3) is 2.76. The normalized spacial score (nSPS) is 19.4. The number of allylic oxidation sites excluding steroid dienone is 1. The molecular weight excluding hydrogens is 299 g/mol. The van der Waals surface area contributed by atoms with Gasteiger partial charge in [0.1, 0.15) is 5.82 Å². The van der Waals surface area contributed by atoms with Gasteiger partial charge in [-0.3, -0.25) is 0 Å². The molecule has 24 heavy (non-hydrogen) atoms. The molecule has 0 unspecified atom stereocenters. The third-order valence-corrected chi connectivity index (χ3v) is 4.73. The second-order valence-corrected chi connectivity index (χ2v) is 6.71. The highest BCUT2D eigenvalue weighted by atomic mass is 19.1. The summed E-state index contributed by atoms with van der Waals surface area (Å²) < 4.78 is 13.8. The first-order valence-corrected chi connectivity index (χ1v) is 8.42. The van der Waals surface area contributed by atoms with Gasteiger partial charge in [-0.25, -0.2) is 4.39 Å². The van der Waals surface area contributed by atoms with Crippen LogP contribution in [0.15, 0.2) is 48.0 Å². The molecule has 0 fully saturated rings. The average molecular weight is 320 g/mol. The van der Waals surface area contributed by atoms with Crippen LogP contribution in [-0.4, -0.2) is 12.6 Å². The smallest absolute Gasteiger partial charge is 0.123 e. The van der Waals surface area contributed by atoms with E-state index in [1.807, 2.05) is 6.07 Å². The van der Waals surface area contributed by atoms with Crippen LogP contribution in [0.5, 0.6) is 0 Å². The monoisotopic (exact) mass is 320 g/mol. The van der Waals surface area contributed by atoms with Crippen LogP contribution in [0.4, 0.5) is 15.8 Å². The van der Waals surface area contributed by atoms with Gasteiger partial charge in [-0.15, -0.1) is 0 Å². The van der Waals surface area contributed by atoms with E-state index in [4.69, 9.17) is 0 Å². The van der Waals surface area contributed by atoms with Crippen molar-refractivity contribution in [3.05, 3.63) is 70.6 Å². The maximum atomic E-state index is 13.8. The van der Waals surface area contributed by atoms with Crippen LogP contribution >= 0.6 is 0 Å². The Kier molecular flexibility index (Phi) is 3.73. The molecule has 122 valence electrons. The lowest BCUT2D eigenvalue weighted by Crippen LogP contribution is -2.30. The standard InChI is InChI=1S/C21H21FN2/c1-13-3-5-21-19(9-13)18(15-7-8-23-14(2)10-15)12-16-11-17(22)4-6-20(16)24-21/h3-7,9,11-12,14,23-24H,8,10H2,1-2H3/t14-/m0/s1. The minimum absolute atomic E-state index is 0.207. The molecule has 2 aliphatic heterocycles. The number of halogens is 1. The second kappa shape index (κ2) is 5.91. The Balaban J connectivity index is 1.93. The van der Waals surface area contributed by atoms with Gasteiger partial charge in [-0.05, 0) is 67.8 Å². The fraction of sp³-hybridized carbons (Fsp3) is 0.238. The SMILES string of the molecule is Cc1ccc2c(c1)C(C1=CCN[C@@H](C)C1)=Cc1cc(F)ccc1N2. The molecule has 0 aromatic heterocycles. The largest absolute Gasteiger partial charge is 0.355 e. The summed E-state index contributed by atoms with van der Waals surface area (Å²) in [6, 6.07) is 11.8. The van der Waals surface area contributed by atoms with E-state index in [0.29, 0.717) is 6.04 Å². The van der Waals surface area contributed by atoms with Crippen molar-refractivity contribution in [2.75, 3.05) is 11.9 Å². The lowest BCUT2D eigenvalue weighted by Gasteiger charge is -2.23. The van der Waals surface area contributed by atoms with Crippen molar-refractivity contribution in [1.29, 1.82) is 0 Å².